The summed E-state index contributed by atoms with van der Waals surface area (Å²) in [7, 11) is 1.61. The Kier molecular flexibility index (Phi) is 6.64. The van der Waals surface area contributed by atoms with Crippen LogP contribution in [0.5, 0.6) is 11.5 Å². The van der Waals surface area contributed by atoms with Crippen LogP contribution >= 0.6 is 50.5 Å². The largest absolute Gasteiger partial charge is 0.493 e. The maximum atomic E-state index is 6.24. The highest BCUT2D eigenvalue weighted by Crippen LogP contribution is 2.38. The van der Waals surface area contributed by atoms with Crippen LogP contribution in [0.1, 0.15) is 11.1 Å². The van der Waals surface area contributed by atoms with Gasteiger partial charge >= 0.3 is 0 Å². The molecule has 2 aromatic carbocycles. The number of anilines is 1. The summed E-state index contributed by atoms with van der Waals surface area (Å²) in [5.41, 5.74) is 1.65. The number of nitrogens with one attached hydrogen (secondary N) is 1. The van der Waals surface area contributed by atoms with E-state index in [1.54, 1.807) is 31.5 Å². The monoisotopic (exact) mass is 472 g/mol. The molecule has 3 aromatic rings. The predicted octanol–water partition coefficient (Wildman–Crippen LogP) is 6.41. The molecule has 0 spiro atoms. The fraction of sp³-hybridized carbons (Fsp3) is 0.167. The van der Waals surface area contributed by atoms with Crippen LogP contribution in [-0.4, -0.2) is 12.1 Å². The third-order valence-electron chi connectivity index (χ3n) is 3.66. The molecule has 4 nitrogen and oxygen atoms in total. The SMILES string of the molecule is COc1ccc(Br)c(CNc2nccs2)c1OCc1c(Cl)cccc1Cl. The van der Waals surface area contributed by atoms with E-state index in [2.05, 4.69) is 26.2 Å². The second kappa shape index (κ2) is 8.95. The van der Waals surface area contributed by atoms with Crippen LogP contribution in [0, 0.1) is 0 Å². The summed E-state index contributed by atoms with van der Waals surface area (Å²) in [6.07, 6.45) is 1.75. The highest BCUT2D eigenvalue weighted by molar-refractivity contribution is 9.10. The van der Waals surface area contributed by atoms with Crippen LogP contribution in [0.2, 0.25) is 10.0 Å². The molecule has 0 aliphatic carbocycles. The lowest BCUT2D eigenvalue weighted by Crippen LogP contribution is -2.06. The van der Waals surface area contributed by atoms with Gasteiger partial charge in [-0.1, -0.05) is 45.2 Å². The fourth-order valence-electron chi connectivity index (χ4n) is 2.36. The van der Waals surface area contributed by atoms with E-state index in [4.69, 9.17) is 32.7 Å². The standard InChI is InChI=1S/C18H15BrCl2N2O2S/c1-24-16-6-5-13(19)11(9-23-18-22-7-8-26-18)17(16)25-10-12-14(20)3-2-4-15(12)21/h2-8H,9-10H2,1H3,(H,22,23). The number of hydrogen-bond donors (Lipinski definition) is 1. The second-order valence-corrected chi connectivity index (χ2v) is 7.80. The van der Waals surface area contributed by atoms with Crippen LogP contribution in [0.4, 0.5) is 5.13 Å². The molecule has 26 heavy (non-hydrogen) atoms. The molecule has 136 valence electrons. The molecule has 8 heteroatoms. The highest BCUT2D eigenvalue weighted by atomic mass is 79.9. The van der Waals surface area contributed by atoms with Crippen molar-refractivity contribution in [3.8, 4) is 11.5 Å². The minimum Gasteiger partial charge on any atom is -0.493 e. The van der Waals surface area contributed by atoms with E-state index in [1.807, 2.05) is 17.5 Å². The molecule has 0 radical (unpaired) electrons. The van der Waals surface area contributed by atoms with Gasteiger partial charge in [-0.15, -0.1) is 11.3 Å². The first kappa shape index (κ1) is 19.3. The number of methoxy groups -OCH3 is 1. The smallest absolute Gasteiger partial charge is 0.182 e. The molecule has 0 aliphatic heterocycles. The first-order chi connectivity index (χ1) is 12.6. The van der Waals surface area contributed by atoms with Gasteiger partial charge in [-0.2, -0.15) is 0 Å². The van der Waals surface area contributed by atoms with Gasteiger partial charge in [0, 0.05) is 43.8 Å². The molecule has 0 atom stereocenters. The molecule has 0 bridgehead atoms. The van der Waals surface area contributed by atoms with Crippen molar-refractivity contribution >= 4 is 55.6 Å². The van der Waals surface area contributed by atoms with Crippen molar-refractivity contribution in [1.82, 2.24) is 4.98 Å². The van der Waals surface area contributed by atoms with Crippen molar-refractivity contribution in [2.24, 2.45) is 0 Å². The summed E-state index contributed by atoms with van der Waals surface area (Å²) >= 11 is 17.6. The molecule has 0 saturated carbocycles. The Hall–Kier alpha value is -1.47. The molecule has 3 rings (SSSR count). The van der Waals surface area contributed by atoms with Crippen molar-refractivity contribution in [3.63, 3.8) is 0 Å². The first-order valence-electron chi connectivity index (χ1n) is 7.64. The Balaban J connectivity index is 1.87. The Morgan fingerprint density at radius 2 is 1.92 bits per heavy atom. The van der Waals surface area contributed by atoms with E-state index in [0.717, 1.165) is 20.7 Å². The molecular formula is C18H15BrCl2N2O2S. The molecule has 0 saturated heterocycles. The van der Waals surface area contributed by atoms with Gasteiger partial charge < -0.3 is 14.8 Å². The van der Waals surface area contributed by atoms with Gasteiger partial charge in [0.15, 0.2) is 16.6 Å². The minimum absolute atomic E-state index is 0.232. The third kappa shape index (κ3) is 4.43. The molecule has 0 aliphatic rings. The predicted molar refractivity (Wildman–Crippen MR) is 111 cm³/mol. The van der Waals surface area contributed by atoms with Gasteiger partial charge in [0.2, 0.25) is 0 Å². The van der Waals surface area contributed by atoms with Gasteiger partial charge in [0.1, 0.15) is 6.61 Å². The quantitative estimate of drug-likeness (QED) is 0.430. The number of thiazole rings is 1. The molecular weight excluding hydrogens is 459 g/mol. The normalized spacial score (nSPS) is 10.6. The zero-order chi connectivity index (χ0) is 18.5. The molecule has 0 amide bonds. The zero-order valence-electron chi connectivity index (χ0n) is 13.8. The van der Waals surface area contributed by atoms with E-state index in [1.165, 1.54) is 11.3 Å². The Bertz CT molecular complexity index is 871. The topological polar surface area (TPSA) is 43.4 Å². The number of benzene rings is 2. The summed E-state index contributed by atoms with van der Waals surface area (Å²) < 4.78 is 12.5. The lowest BCUT2D eigenvalue weighted by Gasteiger charge is -2.18. The van der Waals surface area contributed by atoms with Gasteiger partial charge in [-0.3, -0.25) is 0 Å². The molecule has 1 N–H and O–H groups in total. The van der Waals surface area contributed by atoms with E-state index < -0.39 is 0 Å². The van der Waals surface area contributed by atoms with E-state index >= 15 is 0 Å². The van der Waals surface area contributed by atoms with Crippen molar-refractivity contribution in [1.29, 1.82) is 0 Å². The number of nitrogens with zero attached hydrogens (tertiary/aromatic N) is 1. The van der Waals surface area contributed by atoms with E-state index in [-0.39, 0.29) is 6.61 Å². The van der Waals surface area contributed by atoms with Gasteiger partial charge in [0.25, 0.3) is 0 Å². The number of rotatable bonds is 7. The first-order valence-corrected chi connectivity index (χ1v) is 10.1. The number of aromatic nitrogens is 1. The Morgan fingerprint density at radius 1 is 1.15 bits per heavy atom. The zero-order valence-corrected chi connectivity index (χ0v) is 17.7. The number of halogens is 3. The van der Waals surface area contributed by atoms with Crippen LogP contribution in [0.25, 0.3) is 0 Å². The van der Waals surface area contributed by atoms with Crippen LogP contribution in [-0.2, 0) is 13.2 Å². The number of ether oxygens (including phenoxy) is 2. The third-order valence-corrected chi connectivity index (χ3v) is 5.84. The lowest BCUT2D eigenvalue weighted by molar-refractivity contribution is 0.281. The molecule has 0 fully saturated rings. The van der Waals surface area contributed by atoms with Gasteiger partial charge in [-0.25, -0.2) is 4.98 Å². The van der Waals surface area contributed by atoms with Crippen molar-refractivity contribution in [2.75, 3.05) is 12.4 Å². The summed E-state index contributed by atoms with van der Waals surface area (Å²) in [6, 6.07) is 9.15. The lowest BCUT2D eigenvalue weighted by atomic mass is 10.1. The maximum Gasteiger partial charge on any atom is 0.182 e. The van der Waals surface area contributed by atoms with E-state index in [0.29, 0.717) is 28.1 Å². The van der Waals surface area contributed by atoms with Crippen molar-refractivity contribution in [3.05, 3.63) is 67.6 Å². The Morgan fingerprint density at radius 3 is 2.58 bits per heavy atom. The van der Waals surface area contributed by atoms with Crippen molar-refractivity contribution in [2.45, 2.75) is 13.2 Å². The van der Waals surface area contributed by atoms with Crippen LogP contribution in [0.3, 0.4) is 0 Å². The van der Waals surface area contributed by atoms with Crippen LogP contribution in [0.15, 0.2) is 46.4 Å². The maximum absolute atomic E-state index is 6.24. The average Bonchev–Trinajstić information content (AvgIpc) is 3.14. The highest BCUT2D eigenvalue weighted by Gasteiger charge is 2.16. The summed E-state index contributed by atoms with van der Waals surface area (Å²) in [4.78, 5) is 4.24. The fourth-order valence-corrected chi connectivity index (χ4v) is 3.84. The molecule has 1 aromatic heterocycles. The summed E-state index contributed by atoms with van der Waals surface area (Å²) in [5.74, 6) is 1.26. The summed E-state index contributed by atoms with van der Waals surface area (Å²) in [6.45, 7) is 0.756. The summed E-state index contributed by atoms with van der Waals surface area (Å²) in [5, 5.41) is 7.16. The van der Waals surface area contributed by atoms with E-state index in [9.17, 15) is 0 Å². The minimum atomic E-state index is 0.232. The average molecular weight is 474 g/mol. The van der Waals surface area contributed by atoms with Crippen molar-refractivity contribution < 1.29 is 9.47 Å². The van der Waals surface area contributed by atoms with Gasteiger partial charge in [0.05, 0.1) is 7.11 Å². The molecule has 0 unspecified atom stereocenters. The van der Waals surface area contributed by atoms with Crippen LogP contribution < -0.4 is 14.8 Å². The Labute approximate surface area is 174 Å². The second-order valence-electron chi connectivity index (χ2n) is 5.24. The van der Waals surface area contributed by atoms with Gasteiger partial charge in [-0.05, 0) is 24.3 Å². The molecule has 1 heterocycles. The number of hydrogen-bond acceptors (Lipinski definition) is 5.